The molecule has 2 aromatic rings. The lowest BCUT2D eigenvalue weighted by atomic mass is 10.1. The van der Waals surface area contributed by atoms with E-state index in [1.54, 1.807) is 23.9 Å². The van der Waals surface area contributed by atoms with E-state index in [0.29, 0.717) is 5.52 Å². The van der Waals surface area contributed by atoms with Crippen LogP contribution in [0.4, 0.5) is 0 Å². The van der Waals surface area contributed by atoms with Crippen LogP contribution in [0.3, 0.4) is 0 Å². The maximum atomic E-state index is 10.9. The van der Waals surface area contributed by atoms with Crippen molar-refractivity contribution < 1.29 is 9.90 Å². The number of hydrogen-bond donors (Lipinski definition) is 1. The van der Waals surface area contributed by atoms with Crippen molar-refractivity contribution in [3.05, 3.63) is 28.4 Å². The van der Waals surface area contributed by atoms with Gasteiger partial charge in [0.05, 0.1) is 5.56 Å². The van der Waals surface area contributed by atoms with Crippen LogP contribution in [-0.4, -0.2) is 20.9 Å². The highest BCUT2D eigenvalue weighted by atomic mass is 79.9. The van der Waals surface area contributed by atoms with Gasteiger partial charge in [0.1, 0.15) is 10.1 Å². The van der Waals surface area contributed by atoms with E-state index < -0.39 is 5.97 Å². The van der Waals surface area contributed by atoms with Crippen LogP contribution in [0.2, 0.25) is 0 Å². The topological polar surface area (TPSA) is 55.1 Å². The monoisotopic (exact) mass is 254 g/mol. The van der Waals surface area contributed by atoms with Crippen LogP contribution < -0.4 is 0 Å². The van der Waals surface area contributed by atoms with Crippen LogP contribution in [0.25, 0.3) is 10.9 Å². The van der Waals surface area contributed by atoms with Gasteiger partial charge in [-0.05, 0) is 28.1 Å². The minimum absolute atomic E-state index is 0.226. The van der Waals surface area contributed by atoms with Crippen molar-refractivity contribution in [2.75, 3.05) is 0 Å². The Kier molecular flexibility index (Phi) is 2.03. The van der Waals surface area contributed by atoms with Crippen molar-refractivity contribution >= 4 is 32.8 Å². The largest absolute Gasteiger partial charge is 0.478 e. The molecule has 0 radical (unpaired) electrons. The Morgan fingerprint density at radius 1 is 1.57 bits per heavy atom. The van der Waals surface area contributed by atoms with Gasteiger partial charge in [-0.15, -0.1) is 0 Å². The normalized spacial score (nSPS) is 10.7. The number of aryl methyl sites for hydroxylation is 1. The second-order valence-electron chi connectivity index (χ2n) is 2.92. The molecule has 1 N–H and O–H groups in total. The third-order valence-electron chi connectivity index (χ3n) is 2.02. The quantitative estimate of drug-likeness (QED) is 0.848. The molecule has 0 saturated heterocycles. The summed E-state index contributed by atoms with van der Waals surface area (Å²) in [6, 6.07) is 5.08. The summed E-state index contributed by atoms with van der Waals surface area (Å²) in [4.78, 5) is 10.9. The predicted molar refractivity (Wildman–Crippen MR) is 55.4 cm³/mol. The fraction of sp³-hybridized carbons (Fsp3) is 0.111. The van der Waals surface area contributed by atoms with E-state index in [9.17, 15) is 4.79 Å². The number of aromatic carboxylic acids is 1. The minimum Gasteiger partial charge on any atom is -0.478 e. The molecule has 2 rings (SSSR count). The number of hydrogen-bond acceptors (Lipinski definition) is 2. The molecular formula is C9H7BrN2O2. The van der Waals surface area contributed by atoms with Crippen LogP contribution in [0.15, 0.2) is 22.8 Å². The summed E-state index contributed by atoms with van der Waals surface area (Å²) in [5.74, 6) is -0.957. The number of carboxylic acids is 1. The molecular weight excluding hydrogens is 248 g/mol. The summed E-state index contributed by atoms with van der Waals surface area (Å²) < 4.78 is 2.40. The summed E-state index contributed by atoms with van der Waals surface area (Å²) in [6.45, 7) is 0. The number of halogens is 1. The van der Waals surface area contributed by atoms with Crippen LogP contribution in [0, 0.1) is 0 Å². The Morgan fingerprint density at radius 2 is 2.29 bits per heavy atom. The summed E-state index contributed by atoms with van der Waals surface area (Å²) in [6.07, 6.45) is 0. The molecule has 72 valence electrons. The molecule has 1 aromatic heterocycles. The van der Waals surface area contributed by atoms with Gasteiger partial charge in [-0.25, -0.2) is 4.79 Å². The Labute approximate surface area is 88.3 Å². The Bertz CT molecular complexity index is 519. The molecule has 0 bridgehead atoms. The van der Waals surface area contributed by atoms with E-state index in [1.165, 1.54) is 0 Å². The van der Waals surface area contributed by atoms with Gasteiger partial charge >= 0.3 is 5.97 Å². The molecule has 0 spiro atoms. The van der Waals surface area contributed by atoms with Gasteiger partial charge in [0, 0.05) is 12.4 Å². The molecule has 0 saturated carbocycles. The first-order valence-electron chi connectivity index (χ1n) is 3.96. The lowest BCUT2D eigenvalue weighted by Gasteiger charge is -1.93. The standard InChI is InChI=1S/C9H7BrN2O2/c1-12-8(10)5-3-2-4-6(9(13)14)7(5)11-12/h2-4H,1H3,(H,13,14). The maximum absolute atomic E-state index is 10.9. The molecule has 0 aliphatic heterocycles. The Morgan fingerprint density at radius 3 is 2.93 bits per heavy atom. The van der Waals surface area contributed by atoms with Crippen molar-refractivity contribution in [2.45, 2.75) is 0 Å². The number of carbonyl (C=O) groups is 1. The number of rotatable bonds is 1. The van der Waals surface area contributed by atoms with Crippen molar-refractivity contribution in [3.8, 4) is 0 Å². The zero-order valence-corrected chi connectivity index (χ0v) is 8.95. The molecule has 0 aliphatic carbocycles. The molecule has 0 atom stereocenters. The predicted octanol–water partition coefficient (Wildman–Crippen LogP) is 2.03. The first-order chi connectivity index (χ1) is 6.61. The lowest BCUT2D eigenvalue weighted by molar-refractivity contribution is 0.0699. The number of aromatic nitrogens is 2. The van der Waals surface area contributed by atoms with E-state index in [4.69, 9.17) is 5.11 Å². The van der Waals surface area contributed by atoms with E-state index in [1.807, 2.05) is 6.07 Å². The number of carboxylic acid groups (broad SMARTS) is 1. The van der Waals surface area contributed by atoms with Crippen molar-refractivity contribution in [2.24, 2.45) is 7.05 Å². The number of benzene rings is 1. The van der Waals surface area contributed by atoms with Crippen LogP contribution in [0.5, 0.6) is 0 Å². The second kappa shape index (κ2) is 3.09. The van der Waals surface area contributed by atoms with E-state index in [0.717, 1.165) is 9.99 Å². The van der Waals surface area contributed by atoms with E-state index in [2.05, 4.69) is 21.0 Å². The van der Waals surface area contributed by atoms with Gasteiger partial charge in [-0.1, -0.05) is 6.07 Å². The molecule has 1 heterocycles. The molecule has 0 fully saturated rings. The van der Waals surface area contributed by atoms with Crippen LogP contribution in [-0.2, 0) is 7.05 Å². The number of fused-ring (bicyclic) bond motifs is 1. The van der Waals surface area contributed by atoms with Gasteiger partial charge in [0.25, 0.3) is 0 Å². The van der Waals surface area contributed by atoms with E-state index in [-0.39, 0.29) is 5.56 Å². The highest BCUT2D eigenvalue weighted by molar-refractivity contribution is 9.10. The van der Waals surface area contributed by atoms with Crippen molar-refractivity contribution in [1.82, 2.24) is 9.78 Å². The smallest absolute Gasteiger partial charge is 0.337 e. The lowest BCUT2D eigenvalue weighted by Crippen LogP contribution is -1.97. The zero-order chi connectivity index (χ0) is 10.3. The van der Waals surface area contributed by atoms with Crippen LogP contribution in [0.1, 0.15) is 10.4 Å². The summed E-state index contributed by atoms with van der Waals surface area (Å²) >= 11 is 3.34. The van der Waals surface area contributed by atoms with Gasteiger partial charge in [0.2, 0.25) is 0 Å². The highest BCUT2D eigenvalue weighted by Crippen LogP contribution is 2.25. The third-order valence-corrected chi connectivity index (χ3v) is 2.96. The molecule has 5 heteroatoms. The van der Waals surface area contributed by atoms with Gasteiger partial charge in [-0.3, -0.25) is 4.68 Å². The molecule has 14 heavy (non-hydrogen) atoms. The van der Waals surface area contributed by atoms with Crippen molar-refractivity contribution in [3.63, 3.8) is 0 Å². The zero-order valence-electron chi connectivity index (χ0n) is 7.36. The summed E-state index contributed by atoms with van der Waals surface area (Å²) in [5.41, 5.74) is 0.734. The fourth-order valence-electron chi connectivity index (χ4n) is 1.36. The molecule has 1 aromatic carbocycles. The van der Waals surface area contributed by atoms with Crippen molar-refractivity contribution in [1.29, 1.82) is 0 Å². The summed E-state index contributed by atoms with van der Waals surface area (Å²) in [5, 5.41) is 13.9. The summed E-state index contributed by atoms with van der Waals surface area (Å²) in [7, 11) is 1.76. The average Bonchev–Trinajstić information content (AvgIpc) is 2.43. The third kappa shape index (κ3) is 1.21. The highest BCUT2D eigenvalue weighted by Gasteiger charge is 2.13. The Balaban J connectivity index is 2.88. The van der Waals surface area contributed by atoms with E-state index >= 15 is 0 Å². The minimum atomic E-state index is -0.957. The van der Waals surface area contributed by atoms with Gasteiger partial charge in [-0.2, -0.15) is 5.10 Å². The Hall–Kier alpha value is -1.36. The first-order valence-corrected chi connectivity index (χ1v) is 4.75. The first kappa shape index (κ1) is 9.21. The van der Waals surface area contributed by atoms with Crippen LogP contribution >= 0.6 is 15.9 Å². The molecule has 4 nitrogen and oxygen atoms in total. The maximum Gasteiger partial charge on any atom is 0.337 e. The molecule has 0 unspecified atom stereocenters. The van der Waals surface area contributed by atoms with Gasteiger partial charge < -0.3 is 5.11 Å². The second-order valence-corrected chi connectivity index (χ2v) is 3.67. The molecule has 0 amide bonds. The number of nitrogens with zero attached hydrogens (tertiary/aromatic N) is 2. The average molecular weight is 255 g/mol. The SMILES string of the molecule is Cn1nc2c(C(=O)O)cccc2c1Br. The van der Waals surface area contributed by atoms with Gasteiger partial charge in [0.15, 0.2) is 0 Å². The fourth-order valence-corrected chi connectivity index (χ4v) is 1.76. The molecule has 0 aliphatic rings.